The molecule has 0 spiro atoms. The van der Waals surface area contributed by atoms with Crippen LogP contribution in [0.4, 0.5) is 17.6 Å². The minimum atomic E-state index is -4.11. The molecule has 24 heavy (non-hydrogen) atoms. The first-order valence-corrected chi connectivity index (χ1v) is 8.08. The number of rotatable bonds is 6. The van der Waals surface area contributed by atoms with E-state index in [-0.39, 0.29) is 12.3 Å². The third-order valence-electron chi connectivity index (χ3n) is 3.10. The zero-order chi connectivity index (χ0) is 17.9. The lowest BCUT2D eigenvalue weighted by atomic mass is 10.2. The van der Waals surface area contributed by atoms with Crippen LogP contribution in [0.1, 0.15) is 5.56 Å². The maximum atomic E-state index is 13.2. The van der Waals surface area contributed by atoms with Crippen LogP contribution in [0.15, 0.2) is 47.4 Å². The molecular formula is C15H13F4NO3S. The van der Waals surface area contributed by atoms with Gasteiger partial charge in [-0.15, -0.1) is 0 Å². The number of nitrogens with zero attached hydrogens (tertiary/aromatic N) is 1. The smallest absolute Gasteiger partial charge is 0.387 e. The first-order valence-electron chi connectivity index (χ1n) is 6.64. The Bertz CT molecular complexity index is 790. The molecule has 0 bridgehead atoms. The Hall–Kier alpha value is -2.13. The van der Waals surface area contributed by atoms with Crippen molar-refractivity contribution >= 4 is 10.0 Å². The van der Waals surface area contributed by atoms with Crippen LogP contribution in [0.2, 0.25) is 0 Å². The van der Waals surface area contributed by atoms with E-state index >= 15 is 0 Å². The van der Waals surface area contributed by atoms with Crippen LogP contribution in [0.3, 0.4) is 0 Å². The summed E-state index contributed by atoms with van der Waals surface area (Å²) < 4.78 is 80.3. The second-order valence-corrected chi connectivity index (χ2v) is 6.93. The molecule has 0 aliphatic rings. The van der Waals surface area contributed by atoms with E-state index in [2.05, 4.69) is 4.74 Å². The number of hydrogen-bond acceptors (Lipinski definition) is 3. The number of hydrogen-bond donors (Lipinski definition) is 0. The van der Waals surface area contributed by atoms with Gasteiger partial charge in [0, 0.05) is 19.7 Å². The average molecular weight is 363 g/mol. The van der Waals surface area contributed by atoms with Crippen molar-refractivity contribution in [3.8, 4) is 5.75 Å². The number of halogens is 4. The van der Waals surface area contributed by atoms with Gasteiger partial charge < -0.3 is 4.74 Å². The molecule has 0 N–H and O–H groups in total. The summed E-state index contributed by atoms with van der Waals surface area (Å²) in [6, 6.07) is 7.36. The van der Waals surface area contributed by atoms with E-state index in [0.29, 0.717) is 23.8 Å². The molecule has 0 radical (unpaired) electrons. The second-order valence-electron chi connectivity index (χ2n) is 4.89. The van der Waals surface area contributed by atoms with E-state index in [1.807, 2.05) is 0 Å². The van der Waals surface area contributed by atoms with Gasteiger partial charge in [-0.25, -0.2) is 17.2 Å². The highest BCUT2D eigenvalue weighted by molar-refractivity contribution is 7.89. The zero-order valence-corrected chi connectivity index (χ0v) is 13.2. The lowest BCUT2D eigenvalue weighted by Crippen LogP contribution is -2.26. The summed E-state index contributed by atoms with van der Waals surface area (Å²) in [5.74, 6) is -2.07. The van der Waals surface area contributed by atoms with Crippen LogP contribution in [0.25, 0.3) is 0 Å². The first-order chi connectivity index (χ1) is 11.2. The highest BCUT2D eigenvalue weighted by Gasteiger charge is 2.22. The quantitative estimate of drug-likeness (QED) is 0.739. The summed E-state index contributed by atoms with van der Waals surface area (Å²) in [5, 5.41) is 0. The summed E-state index contributed by atoms with van der Waals surface area (Å²) >= 11 is 0. The van der Waals surface area contributed by atoms with Crippen molar-refractivity contribution in [2.24, 2.45) is 0 Å². The van der Waals surface area contributed by atoms with Gasteiger partial charge in [0.15, 0.2) is 0 Å². The molecule has 0 unspecified atom stereocenters. The number of benzene rings is 2. The molecule has 9 heteroatoms. The molecule has 130 valence electrons. The van der Waals surface area contributed by atoms with Gasteiger partial charge >= 0.3 is 6.61 Å². The average Bonchev–Trinajstić information content (AvgIpc) is 2.47. The third kappa shape index (κ3) is 4.45. The molecule has 0 aliphatic carbocycles. The molecule has 0 saturated heterocycles. The molecule has 0 fully saturated rings. The summed E-state index contributed by atoms with van der Waals surface area (Å²) in [6.07, 6.45) is 0. The van der Waals surface area contributed by atoms with Crippen LogP contribution in [-0.4, -0.2) is 26.4 Å². The summed E-state index contributed by atoms with van der Waals surface area (Å²) in [5.41, 5.74) is 0.486. The van der Waals surface area contributed by atoms with Crippen LogP contribution in [0, 0.1) is 11.6 Å². The molecule has 0 aliphatic heterocycles. The SMILES string of the molecule is CN(Cc1ccc(OC(F)F)cc1)S(=O)(=O)c1cc(F)cc(F)c1. The predicted molar refractivity (Wildman–Crippen MR) is 78.1 cm³/mol. The molecular weight excluding hydrogens is 350 g/mol. The van der Waals surface area contributed by atoms with Crippen molar-refractivity contribution < 1.29 is 30.7 Å². The van der Waals surface area contributed by atoms with E-state index < -0.39 is 33.2 Å². The molecule has 2 aromatic carbocycles. The van der Waals surface area contributed by atoms with Crippen molar-refractivity contribution in [1.29, 1.82) is 0 Å². The molecule has 2 rings (SSSR count). The van der Waals surface area contributed by atoms with Gasteiger partial charge in [0.25, 0.3) is 0 Å². The second kappa shape index (κ2) is 7.18. The van der Waals surface area contributed by atoms with Crippen LogP contribution >= 0.6 is 0 Å². The van der Waals surface area contributed by atoms with E-state index in [1.54, 1.807) is 0 Å². The standard InChI is InChI=1S/C15H13F4NO3S/c1-20(9-10-2-4-13(5-3-10)23-15(18)19)24(21,22)14-7-11(16)6-12(17)8-14/h2-8,15H,9H2,1H3. The lowest BCUT2D eigenvalue weighted by molar-refractivity contribution is -0.0498. The van der Waals surface area contributed by atoms with Gasteiger partial charge in [-0.3, -0.25) is 0 Å². The largest absolute Gasteiger partial charge is 0.435 e. The van der Waals surface area contributed by atoms with E-state index in [4.69, 9.17) is 0 Å². The summed E-state index contributed by atoms with van der Waals surface area (Å²) in [7, 11) is -2.87. The van der Waals surface area contributed by atoms with Gasteiger partial charge in [-0.1, -0.05) is 12.1 Å². The minimum Gasteiger partial charge on any atom is -0.435 e. The Morgan fingerprint density at radius 2 is 1.58 bits per heavy atom. The maximum absolute atomic E-state index is 13.2. The Morgan fingerprint density at radius 1 is 1.04 bits per heavy atom. The molecule has 0 saturated carbocycles. The summed E-state index contributed by atoms with van der Waals surface area (Å²) in [4.78, 5) is -0.514. The van der Waals surface area contributed by atoms with E-state index in [9.17, 15) is 26.0 Å². The first kappa shape index (κ1) is 18.2. The highest BCUT2D eigenvalue weighted by atomic mass is 32.2. The van der Waals surface area contributed by atoms with Gasteiger partial charge in [0.2, 0.25) is 10.0 Å². The Morgan fingerprint density at radius 3 is 2.08 bits per heavy atom. The Labute approximate surface area is 136 Å². The van der Waals surface area contributed by atoms with Crippen molar-refractivity contribution in [2.45, 2.75) is 18.1 Å². The normalized spacial score (nSPS) is 12.0. The fourth-order valence-electron chi connectivity index (χ4n) is 1.98. The Balaban J connectivity index is 2.17. The molecule has 0 aromatic heterocycles. The topological polar surface area (TPSA) is 46.6 Å². The van der Waals surface area contributed by atoms with Crippen molar-refractivity contribution in [2.75, 3.05) is 7.05 Å². The number of alkyl halides is 2. The zero-order valence-electron chi connectivity index (χ0n) is 12.4. The molecule has 4 nitrogen and oxygen atoms in total. The van der Waals surface area contributed by atoms with Crippen LogP contribution in [0.5, 0.6) is 5.75 Å². The molecule has 0 heterocycles. The fourth-order valence-corrected chi connectivity index (χ4v) is 3.18. The lowest BCUT2D eigenvalue weighted by Gasteiger charge is -2.17. The minimum absolute atomic E-state index is 0.0635. The van der Waals surface area contributed by atoms with Crippen LogP contribution in [-0.2, 0) is 16.6 Å². The van der Waals surface area contributed by atoms with Crippen LogP contribution < -0.4 is 4.74 Å². The van der Waals surface area contributed by atoms with Gasteiger partial charge in [-0.2, -0.15) is 13.1 Å². The predicted octanol–water partition coefficient (Wildman–Crippen LogP) is 3.39. The van der Waals surface area contributed by atoms with E-state index in [0.717, 1.165) is 4.31 Å². The van der Waals surface area contributed by atoms with Gasteiger partial charge in [0.1, 0.15) is 17.4 Å². The molecule has 2 aromatic rings. The van der Waals surface area contributed by atoms with Gasteiger partial charge in [0.05, 0.1) is 4.90 Å². The van der Waals surface area contributed by atoms with Crippen molar-refractivity contribution in [3.05, 3.63) is 59.7 Å². The third-order valence-corrected chi connectivity index (χ3v) is 4.88. The molecule has 0 atom stereocenters. The van der Waals surface area contributed by atoms with Crippen molar-refractivity contribution in [3.63, 3.8) is 0 Å². The number of sulfonamides is 1. The Kier molecular flexibility index (Phi) is 5.45. The molecule has 0 amide bonds. The fraction of sp³-hybridized carbons (Fsp3) is 0.200. The van der Waals surface area contributed by atoms with Crippen molar-refractivity contribution in [1.82, 2.24) is 4.31 Å². The summed E-state index contributed by atoms with van der Waals surface area (Å²) in [6.45, 7) is -3.07. The van der Waals surface area contributed by atoms with E-state index in [1.165, 1.54) is 31.3 Å². The maximum Gasteiger partial charge on any atom is 0.387 e. The monoisotopic (exact) mass is 363 g/mol. The van der Waals surface area contributed by atoms with Gasteiger partial charge in [-0.05, 0) is 29.8 Å². The number of ether oxygens (including phenoxy) is 1. The highest BCUT2D eigenvalue weighted by Crippen LogP contribution is 2.21.